The van der Waals surface area contributed by atoms with Crippen molar-refractivity contribution < 1.29 is 9.66 Å². The van der Waals surface area contributed by atoms with Crippen LogP contribution in [0.3, 0.4) is 0 Å². The molecule has 6 heteroatoms. The average molecular weight is 235 g/mol. The molecule has 1 unspecified atom stereocenters. The molecule has 3 heterocycles. The van der Waals surface area contributed by atoms with Crippen molar-refractivity contribution in [2.24, 2.45) is 0 Å². The van der Waals surface area contributed by atoms with Gasteiger partial charge in [0.15, 0.2) is 0 Å². The van der Waals surface area contributed by atoms with Crippen molar-refractivity contribution in [3.05, 3.63) is 22.4 Å². The predicted molar refractivity (Wildman–Crippen MR) is 61.4 cm³/mol. The molecule has 0 aromatic carbocycles. The molecule has 0 amide bonds. The third-order valence-corrected chi connectivity index (χ3v) is 3.38. The van der Waals surface area contributed by atoms with E-state index in [1.54, 1.807) is 6.07 Å². The largest absolute Gasteiger partial charge is 0.474 e. The van der Waals surface area contributed by atoms with Crippen LogP contribution in [0, 0.1) is 10.1 Å². The monoisotopic (exact) mass is 235 g/mol. The number of rotatable bonds is 1. The van der Waals surface area contributed by atoms with E-state index < -0.39 is 4.92 Å². The van der Waals surface area contributed by atoms with Crippen molar-refractivity contribution in [3.8, 4) is 5.88 Å². The Morgan fingerprint density at radius 2 is 2.41 bits per heavy atom. The maximum absolute atomic E-state index is 10.8. The van der Waals surface area contributed by atoms with Crippen molar-refractivity contribution >= 4 is 11.4 Å². The smallest absolute Gasteiger partial charge is 0.289 e. The highest BCUT2D eigenvalue weighted by molar-refractivity contribution is 5.61. The van der Waals surface area contributed by atoms with E-state index in [1.807, 2.05) is 0 Å². The fourth-order valence-electron chi connectivity index (χ4n) is 2.51. The molecule has 0 N–H and O–H groups in total. The Labute approximate surface area is 98.4 Å². The summed E-state index contributed by atoms with van der Waals surface area (Å²) >= 11 is 0. The topological polar surface area (TPSA) is 68.5 Å². The van der Waals surface area contributed by atoms with Crippen LogP contribution >= 0.6 is 0 Å². The Balaban J connectivity index is 2.01. The molecule has 3 rings (SSSR count). The van der Waals surface area contributed by atoms with Crippen molar-refractivity contribution in [3.63, 3.8) is 0 Å². The van der Waals surface area contributed by atoms with Gasteiger partial charge in [-0.25, -0.2) is 4.98 Å². The zero-order chi connectivity index (χ0) is 11.8. The van der Waals surface area contributed by atoms with Crippen molar-refractivity contribution in [2.75, 3.05) is 18.1 Å². The summed E-state index contributed by atoms with van der Waals surface area (Å²) < 4.78 is 5.55. The van der Waals surface area contributed by atoms with Gasteiger partial charge in [0.25, 0.3) is 5.69 Å². The Morgan fingerprint density at radius 3 is 3.24 bits per heavy atom. The molecule has 0 saturated carbocycles. The highest BCUT2D eigenvalue weighted by Gasteiger charge is 2.31. The fraction of sp³-hybridized carbons (Fsp3) is 0.545. The van der Waals surface area contributed by atoms with Gasteiger partial charge in [0.1, 0.15) is 18.5 Å². The summed E-state index contributed by atoms with van der Waals surface area (Å²) in [5.41, 5.74) is 0.800. The second kappa shape index (κ2) is 3.87. The van der Waals surface area contributed by atoms with Gasteiger partial charge in [0.2, 0.25) is 5.88 Å². The number of hydrogen-bond donors (Lipinski definition) is 0. The minimum Gasteiger partial charge on any atom is -0.474 e. The number of piperidine rings is 1. The molecule has 1 atom stereocenters. The van der Waals surface area contributed by atoms with Crippen LogP contribution in [0.4, 0.5) is 11.4 Å². The number of nitrogens with zero attached hydrogens (tertiary/aromatic N) is 3. The third kappa shape index (κ3) is 1.69. The van der Waals surface area contributed by atoms with Gasteiger partial charge in [-0.05, 0) is 19.3 Å². The molecule has 2 aliphatic heterocycles. The van der Waals surface area contributed by atoms with Gasteiger partial charge >= 0.3 is 0 Å². The van der Waals surface area contributed by atoms with E-state index in [0.29, 0.717) is 18.5 Å². The first kappa shape index (κ1) is 10.3. The lowest BCUT2D eigenvalue weighted by molar-refractivity contribution is -0.385. The standard InChI is InChI=1S/C11H13N3O3/c15-14(16)9-5-10-11(12-6-9)17-7-8-3-1-2-4-13(8)10/h5-6,8H,1-4,7H2. The van der Waals surface area contributed by atoms with Crippen molar-refractivity contribution in [1.82, 2.24) is 4.98 Å². The lowest BCUT2D eigenvalue weighted by Gasteiger charge is -2.40. The van der Waals surface area contributed by atoms with E-state index in [2.05, 4.69) is 9.88 Å². The zero-order valence-corrected chi connectivity index (χ0v) is 9.33. The molecule has 1 fully saturated rings. The normalized spacial score (nSPS) is 22.4. The van der Waals surface area contributed by atoms with Crippen molar-refractivity contribution in [2.45, 2.75) is 25.3 Å². The SMILES string of the molecule is O=[N+]([O-])c1cnc2c(c1)N1CCCCC1CO2. The molecule has 0 bridgehead atoms. The van der Waals surface area contributed by atoms with Gasteiger partial charge < -0.3 is 9.64 Å². The summed E-state index contributed by atoms with van der Waals surface area (Å²) in [6.45, 7) is 1.57. The first-order valence-electron chi connectivity index (χ1n) is 5.79. The highest BCUT2D eigenvalue weighted by atomic mass is 16.6. The first-order chi connectivity index (χ1) is 8.25. The average Bonchev–Trinajstić information content (AvgIpc) is 2.38. The minimum absolute atomic E-state index is 0.0265. The molecule has 1 saturated heterocycles. The summed E-state index contributed by atoms with van der Waals surface area (Å²) in [6.07, 6.45) is 4.66. The Bertz CT molecular complexity index is 463. The summed E-state index contributed by atoms with van der Waals surface area (Å²) in [5, 5.41) is 10.8. The number of pyridine rings is 1. The van der Waals surface area contributed by atoms with E-state index in [4.69, 9.17) is 4.74 Å². The fourth-order valence-corrected chi connectivity index (χ4v) is 2.51. The van der Waals surface area contributed by atoms with Crippen LogP contribution in [-0.4, -0.2) is 29.1 Å². The van der Waals surface area contributed by atoms with Crippen molar-refractivity contribution in [1.29, 1.82) is 0 Å². The minimum atomic E-state index is -0.416. The molecule has 6 nitrogen and oxygen atoms in total. The number of nitro groups is 1. The molecule has 17 heavy (non-hydrogen) atoms. The Morgan fingerprint density at radius 1 is 1.53 bits per heavy atom. The summed E-state index contributed by atoms with van der Waals surface area (Å²) in [6, 6.07) is 1.92. The first-order valence-corrected chi connectivity index (χ1v) is 5.79. The van der Waals surface area contributed by atoms with Crippen LogP contribution in [0.5, 0.6) is 5.88 Å². The Kier molecular flexibility index (Phi) is 2.35. The van der Waals surface area contributed by atoms with E-state index in [1.165, 1.54) is 12.6 Å². The zero-order valence-electron chi connectivity index (χ0n) is 9.33. The van der Waals surface area contributed by atoms with Gasteiger partial charge in [0.05, 0.1) is 11.0 Å². The van der Waals surface area contributed by atoms with Crippen LogP contribution in [0.1, 0.15) is 19.3 Å². The van der Waals surface area contributed by atoms with E-state index >= 15 is 0 Å². The molecule has 2 aliphatic rings. The van der Waals surface area contributed by atoms with Gasteiger partial charge in [-0.1, -0.05) is 0 Å². The van der Waals surface area contributed by atoms with Gasteiger partial charge in [-0.2, -0.15) is 0 Å². The second-order valence-electron chi connectivity index (χ2n) is 4.43. The lowest BCUT2D eigenvalue weighted by Crippen LogP contribution is -2.46. The molecule has 1 aromatic heterocycles. The van der Waals surface area contributed by atoms with E-state index in [9.17, 15) is 10.1 Å². The number of ether oxygens (including phenoxy) is 1. The van der Waals surface area contributed by atoms with Crippen LogP contribution in [0.15, 0.2) is 12.3 Å². The predicted octanol–water partition coefficient (Wildman–Crippen LogP) is 1.74. The molecule has 0 aliphatic carbocycles. The van der Waals surface area contributed by atoms with Gasteiger partial charge in [-0.3, -0.25) is 10.1 Å². The van der Waals surface area contributed by atoms with Crippen LogP contribution in [0.25, 0.3) is 0 Å². The summed E-state index contributed by atoms with van der Waals surface area (Å²) in [5.74, 6) is 0.522. The van der Waals surface area contributed by atoms with E-state index in [-0.39, 0.29) is 5.69 Å². The van der Waals surface area contributed by atoms with E-state index in [0.717, 1.165) is 25.1 Å². The second-order valence-corrected chi connectivity index (χ2v) is 4.43. The summed E-state index contributed by atoms with van der Waals surface area (Å²) in [7, 11) is 0. The third-order valence-electron chi connectivity index (χ3n) is 3.38. The van der Waals surface area contributed by atoms with Gasteiger partial charge in [0, 0.05) is 12.6 Å². The quantitative estimate of drug-likeness (QED) is 0.547. The number of aromatic nitrogens is 1. The molecule has 90 valence electrons. The maximum Gasteiger partial charge on any atom is 0.289 e. The maximum atomic E-state index is 10.8. The molecular formula is C11H13N3O3. The molecule has 1 aromatic rings. The lowest BCUT2D eigenvalue weighted by atomic mass is 10.0. The Hall–Kier alpha value is -1.85. The number of fused-ring (bicyclic) bond motifs is 3. The molecule has 0 radical (unpaired) electrons. The number of anilines is 1. The highest BCUT2D eigenvalue weighted by Crippen LogP contribution is 2.37. The number of hydrogen-bond acceptors (Lipinski definition) is 5. The van der Waals surface area contributed by atoms with Crippen LogP contribution in [-0.2, 0) is 0 Å². The van der Waals surface area contributed by atoms with Crippen LogP contribution in [0.2, 0.25) is 0 Å². The molecular weight excluding hydrogens is 222 g/mol. The molecule has 0 spiro atoms. The van der Waals surface area contributed by atoms with Gasteiger partial charge in [-0.15, -0.1) is 0 Å². The van der Waals surface area contributed by atoms with Crippen LogP contribution < -0.4 is 9.64 Å². The summed E-state index contributed by atoms with van der Waals surface area (Å²) in [4.78, 5) is 16.6.